The van der Waals surface area contributed by atoms with Gasteiger partial charge in [0.25, 0.3) is 0 Å². The summed E-state index contributed by atoms with van der Waals surface area (Å²) in [6, 6.07) is 5.58. The van der Waals surface area contributed by atoms with Gasteiger partial charge in [0.15, 0.2) is 5.11 Å². The lowest BCUT2D eigenvalue weighted by Gasteiger charge is -2.08. The van der Waals surface area contributed by atoms with E-state index in [1.165, 1.54) is 0 Å². The van der Waals surface area contributed by atoms with Gasteiger partial charge in [0.1, 0.15) is 5.82 Å². The Bertz CT molecular complexity index is 249. The first-order chi connectivity index (χ1) is 5.83. The normalized spacial score (nSPS) is 8.75. The fraction of sp³-hybridized carbons (Fsp3) is 0.143. The van der Waals surface area contributed by atoms with E-state index in [1.807, 2.05) is 18.2 Å². The molecule has 0 aliphatic heterocycles. The Labute approximate surface area is 76.4 Å². The van der Waals surface area contributed by atoms with Crippen molar-refractivity contribution < 1.29 is 0 Å². The molecular weight excluding hydrogens is 172 g/mol. The van der Waals surface area contributed by atoms with E-state index in [4.69, 9.17) is 12.2 Å². The van der Waals surface area contributed by atoms with Crippen molar-refractivity contribution in [3.8, 4) is 0 Å². The van der Waals surface area contributed by atoms with Gasteiger partial charge in [-0.25, -0.2) is 4.98 Å². The molecule has 1 rings (SSSR count). The first-order valence-electron chi connectivity index (χ1n) is 3.47. The Morgan fingerprint density at radius 1 is 1.50 bits per heavy atom. The molecular formula is C7H10N4S. The largest absolute Gasteiger partial charge is 0.364 e. The number of nitrogens with zero attached hydrogens (tertiary/aromatic N) is 1. The third-order valence-electron chi connectivity index (χ3n) is 1.20. The van der Waals surface area contributed by atoms with Crippen molar-refractivity contribution in [1.29, 1.82) is 0 Å². The number of rotatable bonds is 2. The van der Waals surface area contributed by atoms with Crippen LogP contribution in [0, 0.1) is 0 Å². The van der Waals surface area contributed by atoms with E-state index < -0.39 is 0 Å². The van der Waals surface area contributed by atoms with E-state index in [2.05, 4.69) is 21.2 Å². The minimum atomic E-state index is 0.528. The summed E-state index contributed by atoms with van der Waals surface area (Å²) in [4.78, 5) is 4.02. The summed E-state index contributed by atoms with van der Waals surface area (Å²) in [7, 11) is 1.75. The van der Waals surface area contributed by atoms with Crippen molar-refractivity contribution in [2.24, 2.45) is 0 Å². The highest BCUT2D eigenvalue weighted by Crippen LogP contribution is 1.96. The standard InChI is InChI=1S/C7H10N4S/c1-8-7(12)11-10-6-4-2-3-5-9-6/h2-5H,1H3,(H,9,10)(H2,8,11,12). The fourth-order valence-electron chi connectivity index (χ4n) is 0.620. The highest BCUT2D eigenvalue weighted by Gasteiger charge is 1.90. The molecule has 0 spiro atoms. The molecule has 12 heavy (non-hydrogen) atoms. The topological polar surface area (TPSA) is 49.0 Å². The second kappa shape index (κ2) is 4.50. The fourth-order valence-corrected chi connectivity index (χ4v) is 0.671. The molecule has 4 nitrogen and oxygen atoms in total. The number of nitrogens with one attached hydrogen (secondary N) is 3. The van der Waals surface area contributed by atoms with Crippen LogP contribution in [0.1, 0.15) is 0 Å². The van der Waals surface area contributed by atoms with E-state index in [1.54, 1.807) is 13.2 Å². The maximum absolute atomic E-state index is 4.84. The molecule has 3 N–H and O–H groups in total. The molecule has 5 heteroatoms. The average molecular weight is 182 g/mol. The van der Waals surface area contributed by atoms with Crippen LogP contribution in [0.3, 0.4) is 0 Å². The van der Waals surface area contributed by atoms with Crippen molar-refractivity contribution in [3.63, 3.8) is 0 Å². The van der Waals surface area contributed by atoms with Crippen LogP contribution in [0.25, 0.3) is 0 Å². The van der Waals surface area contributed by atoms with Crippen molar-refractivity contribution >= 4 is 23.1 Å². The first-order valence-corrected chi connectivity index (χ1v) is 3.88. The highest BCUT2D eigenvalue weighted by molar-refractivity contribution is 7.80. The summed E-state index contributed by atoms with van der Waals surface area (Å²) in [5.74, 6) is 0.732. The zero-order chi connectivity index (χ0) is 8.81. The zero-order valence-corrected chi connectivity index (χ0v) is 7.48. The Morgan fingerprint density at radius 3 is 2.92 bits per heavy atom. The number of anilines is 1. The maximum Gasteiger partial charge on any atom is 0.184 e. The zero-order valence-electron chi connectivity index (χ0n) is 6.66. The second-order valence-corrected chi connectivity index (χ2v) is 2.45. The molecule has 64 valence electrons. The van der Waals surface area contributed by atoms with Gasteiger partial charge in [-0.15, -0.1) is 0 Å². The summed E-state index contributed by atoms with van der Waals surface area (Å²) in [5, 5.41) is 3.29. The Morgan fingerprint density at radius 2 is 2.33 bits per heavy atom. The number of thiocarbonyl (C=S) groups is 1. The summed E-state index contributed by atoms with van der Waals surface area (Å²) < 4.78 is 0. The van der Waals surface area contributed by atoms with Gasteiger partial charge in [0.05, 0.1) is 0 Å². The van der Waals surface area contributed by atoms with Crippen LogP contribution in [-0.2, 0) is 0 Å². The van der Waals surface area contributed by atoms with Crippen molar-refractivity contribution in [2.45, 2.75) is 0 Å². The van der Waals surface area contributed by atoms with Gasteiger partial charge in [0, 0.05) is 13.2 Å². The molecule has 1 aromatic heterocycles. The molecule has 0 bridgehead atoms. The number of hydrogen-bond donors (Lipinski definition) is 3. The highest BCUT2D eigenvalue weighted by atomic mass is 32.1. The first kappa shape index (κ1) is 8.73. The molecule has 0 aromatic carbocycles. The Hall–Kier alpha value is -1.36. The molecule has 0 unspecified atom stereocenters. The van der Waals surface area contributed by atoms with Gasteiger partial charge >= 0.3 is 0 Å². The minimum absolute atomic E-state index is 0.528. The van der Waals surface area contributed by atoms with E-state index in [0.717, 1.165) is 5.82 Å². The van der Waals surface area contributed by atoms with Crippen LogP contribution >= 0.6 is 12.2 Å². The quantitative estimate of drug-likeness (QED) is 0.459. The van der Waals surface area contributed by atoms with Crippen LogP contribution in [0.15, 0.2) is 24.4 Å². The lowest BCUT2D eigenvalue weighted by atomic mass is 10.5. The predicted molar refractivity (Wildman–Crippen MR) is 52.7 cm³/mol. The van der Waals surface area contributed by atoms with Crippen LogP contribution < -0.4 is 16.2 Å². The predicted octanol–water partition coefficient (Wildman–Crippen LogP) is 0.502. The Balaban J connectivity index is 2.38. The molecule has 0 aliphatic rings. The third-order valence-corrected chi connectivity index (χ3v) is 1.50. The molecule has 0 radical (unpaired) electrons. The van der Waals surface area contributed by atoms with Gasteiger partial charge in [-0.2, -0.15) is 0 Å². The minimum Gasteiger partial charge on any atom is -0.364 e. The van der Waals surface area contributed by atoms with Gasteiger partial charge in [-0.05, 0) is 24.4 Å². The van der Waals surface area contributed by atoms with Crippen LogP contribution in [-0.4, -0.2) is 17.1 Å². The smallest absolute Gasteiger partial charge is 0.184 e. The van der Waals surface area contributed by atoms with E-state index in [9.17, 15) is 0 Å². The van der Waals surface area contributed by atoms with Gasteiger partial charge in [-0.3, -0.25) is 10.9 Å². The number of hydrogen-bond acceptors (Lipinski definition) is 3. The Kier molecular flexibility index (Phi) is 3.28. The summed E-state index contributed by atoms with van der Waals surface area (Å²) in [6.45, 7) is 0. The van der Waals surface area contributed by atoms with Gasteiger partial charge < -0.3 is 5.32 Å². The van der Waals surface area contributed by atoms with Crippen LogP contribution in [0.2, 0.25) is 0 Å². The van der Waals surface area contributed by atoms with Crippen molar-refractivity contribution in [3.05, 3.63) is 24.4 Å². The van der Waals surface area contributed by atoms with E-state index in [0.29, 0.717) is 5.11 Å². The molecule has 1 aromatic rings. The van der Waals surface area contributed by atoms with Crippen LogP contribution in [0.4, 0.5) is 5.82 Å². The van der Waals surface area contributed by atoms with Crippen LogP contribution in [0.5, 0.6) is 0 Å². The molecule has 0 aliphatic carbocycles. The van der Waals surface area contributed by atoms with Gasteiger partial charge in [0.2, 0.25) is 0 Å². The van der Waals surface area contributed by atoms with Crippen molar-refractivity contribution in [2.75, 3.05) is 12.5 Å². The second-order valence-electron chi connectivity index (χ2n) is 2.04. The molecule has 0 fully saturated rings. The maximum atomic E-state index is 4.84. The molecule has 0 atom stereocenters. The van der Waals surface area contributed by atoms with E-state index in [-0.39, 0.29) is 0 Å². The SMILES string of the molecule is CNC(=S)NNc1ccccn1. The number of hydrazine groups is 1. The van der Waals surface area contributed by atoms with Crippen molar-refractivity contribution in [1.82, 2.24) is 15.7 Å². The summed E-state index contributed by atoms with van der Waals surface area (Å²) >= 11 is 4.84. The lowest BCUT2D eigenvalue weighted by molar-refractivity contribution is 1.02. The monoisotopic (exact) mass is 182 g/mol. The molecule has 1 heterocycles. The lowest BCUT2D eigenvalue weighted by Crippen LogP contribution is -2.36. The number of pyridine rings is 1. The van der Waals surface area contributed by atoms with E-state index >= 15 is 0 Å². The molecule has 0 saturated carbocycles. The summed E-state index contributed by atoms with van der Waals surface area (Å²) in [6.07, 6.45) is 1.70. The molecule has 0 amide bonds. The molecule has 0 saturated heterocycles. The van der Waals surface area contributed by atoms with Gasteiger partial charge in [-0.1, -0.05) is 6.07 Å². The average Bonchev–Trinajstić information content (AvgIpc) is 2.16. The number of aromatic nitrogens is 1. The third kappa shape index (κ3) is 2.71. The summed E-state index contributed by atoms with van der Waals surface area (Å²) in [5.41, 5.74) is 5.59.